The SMILES string of the molecule is O=C(C=Cc1ccccc1Cl)NCCCN1CCOCC1. The lowest BCUT2D eigenvalue weighted by atomic mass is 10.2. The number of halogens is 1. The van der Waals surface area contributed by atoms with Crippen molar-refractivity contribution >= 4 is 23.6 Å². The molecule has 0 atom stereocenters. The molecule has 1 aromatic rings. The fourth-order valence-electron chi connectivity index (χ4n) is 2.17. The molecule has 21 heavy (non-hydrogen) atoms. The van der Waals surface area contributed by atoms with Crippen LogP contribution >= 0.6 is 11.6 Å². The van der Waals surface area contributed by atoms with Crippen molar-refractivity contribution in [3.05, 3.63) is 40.9 Å². The van der Waals surface area contributed by atoms with Gasteiger partial charge >= 0.3 is 0 Å². The summed E-state index contributed by atoms with van der Waals surface area (Å²) in [6.45, 7) is 5.28. The Morgan fingerprint density at radius 2 is 2.10 bits per heavy atom. The normalized spacial score (nSPS) is 16.2. The van der Waals surface area contributed by atoms with Gasteiger partial charge in [0, 0.05) is 30.7 Å². The number of nitrogens with one attached hydrogen (secondary N) is 1. The summed E-state index contributed by atoms with van der Waals surface area (Å²) in [5.41, 5.74) is 0.850. The topological polar surface area (TPSA) is 41.6 Å². The van der Waals surface area contributed by atoms with Crippen LogP contribution in [0.5, 0.6) is 0 Å². The first kappa shape index (κ1) is 16.0. The van der Waals surface area contributed by atoms with Gasteiger partial charge in [0.15, 0.2) is 0 Å². The molecule has 0 saturated carbocycles. The van der Waals surface area contributed by atoms with Crippen molar-refractivity contribution in [3.8, 4) is 0 Å². The Morgan fingerprint density at radius 3 is 2.86 bits per heavy atom. The molecule has 0 radical (unpaired) electrons. The molecule has 1 fully saturated rings. The summed E-state index contributed by atoms with van der Waals surface area (Å²) < 4.78 is 5.30. The second-order valence-corrected chi connectivity index (χ2v) is 5.36. The van der Waals surface area contributed by atoms with Crippen molar-refractivity contribution in [3.63, 3.8) is 0 Å². The van der Waals surface area contributed by atoms with Crippen molar-refractivity contribution in [1.82, 2.24) is 10.2 Å². The molecule has 1 saturated heterocycles. The quantitative estimate of drug-likeness (QED) is 0.647. The van der Waals surface area contributed by atoms with Crippen LogP contribution in [0.2, 0.25) is 5.02 Å². The van der Waals surface area contributed by atoms with Crippen LogP contribution in [0.1, 0.15) is 12.0 Å². The number of benzene rings is 1. The summed E-state index contributed by atoms with van der Waals surface area (Å²) in [4.78, 5) is 14.1. The molecular weight excluding hydrogens is 288 g/mol. The minimum Gasteiger partial charge on any atom is -0.379 e. The van der Waals surface area contributed by atoms with E-state index < -0.39 is 0 Å². The van der Waals surface area contributed by atoms with Gasteiger partial charge in [0.2, 0.25) is 5.91 Å². The molecule has 5 heteroatoms. The number of rotatable bonds is 6. The molecule has 1 aliphatic rings. The van der Waals surface area contributed by atoms with Gasteiger partial charge in [0.1, 0.15) is 0 Å². The number of morpholine rings is 1. The van der Waals surface area contributed by atoms with Crippen LogP contribution in [0.3, 0.4) is 0 Å². The van der Waals surface area contributed by atoms with E-state index in [1.165, 1.54) is 6.08 Å². The molecular formula is C16H21ClN2O2. The fraction of sp³-hybridized carbons (Fsp3) is 0.438. The van der Waals surface area contributed by atoms with Gasteiger partial charge < -0.3 is 10.1 Å². The molecule has 0 spiro atoms. The van der Waals surface area contributed by atoms with E-state index in [1.807, 2.05) is 24.3 Å². The Bertz CT molecular complexity index is 485. The van der Waals surface area contributed by atoms with Crippen molar-refractivity contribution in [2.75, 3.05) is 39.4 Å². The highest BCUT2D eigenvalue weighted by Crippen LogP contribution is 2.15. The monoisotopic (exact) mass is 308 g/mol. The fourth-order valence-corrected chi connectivity index (χ4v) is 2.37. The number of hydrogen-bond donors (Lipinski definition) is 1. The predicted molar refractivity (Wildman–Crippen MR) is 85.4 cm³/mol. The van der Waals surface area contributed by atoms with Crippen molar-refractivity contribution in [2.45, 2.75) is 6.42 Å². The Balaban J connectivity index is 1.64. The number of nitrogens with zero attached hydrogens (tertiary/aromatic N) is 1. The molecule has 1 N–H and O–H groups in total. The summed E-state index contributed by atoms with van der Waals surface area (Å²) in [5, 5.41) is 3.53. The molecule has 1 aromatic carbocycles. The highest BCUT2D eigenvalue weighted by molar-refractivity contribution is 6.32. The first-order chi connectivity index (χ1) is 10.3. The molecule has 0 bridgehead atoms. The summed E-state index contributed by atoms with van der Waals surface area (Å²) in [6.07, 6.45) is 4.21. The summed E-state index contributed by atoms with van der Waals surface area (Å²) >= 11 is 6.02. The van der Waals surface area contributed by atoms with E-state index >= 15 is 0 Å². The lowest BCUT2D eigenvalue weighted by Crippen LogP contribution is -2.38. The van der Waals surface area contributed by atoms with Crippen LogP contribution in [0.4, 0.5) is 0 Å². The maximum absolute atomic E-state index is 11.7. The molecule has 2 rings (SSSR count). The summed E-state index contributed by atoms with van der Waals surface area (Å²) in [5.74, 6) is -0.0862. The van der Waals surface area contributed by atoms with Crippen LogP contribution in [0.25, 0.3) is 6.08 Å². The Hall–Kier alpha value is -1.36. The zero-order valence-electron chi connectivity index (χ0n) is 12.1. The molecule has 0 aromatic heterocycles. The number of ether oxygens (including phenoxy) is 1. The average Bonchev–Trinajstić information content (AvgIpc) is 2.52. The zero-order chi connectivity index (χ0) is 14.9. The van der Waals surface area contributed by atoms with E-state index in [2.05, 4.69) is 10.2 Å². The Morgan fingerprint density at radius 1 is 1.33 bits per heavy atom. The Kier molecular flexibility index (Phi) is 6.73. The number of carbonyl (C=O) groups is 1. The van der Waals surface area contributed by atoms with Gasteiger partial charge in [0.05, 0.1) is 13.2 Å². The predicted octanol–water partition coefficient (Wildman–Crippen LogP) is 2.19. The van der Waals surface area contributed by atoms with Crippen LogP contribution in [0, 0.1) is 0 Å². The maximum Gasteiger partial charge on any atom is 0.244 e. The highest BCUT2D eigenvalue weighted by Gasteiger charge is 2.09. The van der Waals surface area contributed by atoms with E-state index in [9.17, 15) is 4.79 Å². The van der Waals surface area contributed by atoms with E-state index in [1.54, 1.807) is 6.08 Å². The lowest BCUT2D eigenvalue weighted by Gasteiger charge is -2.26. The molecule has 1 aliphatic heterocycles. The van der Waals surface area contributed by atoms with Crippen LogP contribution < -0.4 is 5.32 Å². The molecule has 114 valence electrons. The van der Waals surface area contributed by atoms with E-state index in [0.29, 0.717) is 11.6 Å². The van der Waals surface area contributed by atoms with Gasteiger partial charge in [0.25, 0.3) is 0 Å². The number of amides is 1. The first-order valence-corrected chi connectivity index (χ1v) is 7.64. The standard InChI is InChI=1S/C16H21ClN2O2/c17-15-5-2-1-4-14(15)6-7-16(20)18-8-3-9-19-10-12-21-13-11-19/h1-2,4-7H,3,8-13H2,(H,18,20). The van der Waals surface area contributed by atoms with Crippen molar-refractivity contribution < 1.29 is 9.53 Å². The van der Waals surface area contributed by atoms with Crippen molar-refractivity contribution in [2.24, 2.45) is 0 Å². The minimum absolute atomic E-state index is 0.0862. The third kappa shape index (κ3) is 5.87. The van der Waals surface area contributed by atoms with Gasteiger partial charge in [-0.2, -0.15) is 0 Å². The Labute approximate surface area is 130 Å². The number of carbonyl (C=O) groups excluding carboxylic acids is 1. The summed E-state index contributed by atoms with van der Waals surface area (Å²) in [6, 6.07) is 7.45. The highest BCUT2D eigenvalue weighted by atomic mass is 35.5. The van der Waals surface area contributed by atoms with Gasteiger partial charge in [-0.25, -0.2) is 0 Å². The van der Waals surface area contributed by atoms with Gasteiger partial charge in [-0.15, -0.1) is 0 Å². The lowest BCUT2D eigenvalue weighted by molar-refractivity contribution is -0.116. The van der Waals surface area contributed by atoms with Crippen LogP contribution in [-0.4, -0.2) is 50.2 Å². The largest absolute Gasteiger partial charge is 0.379 e. The molecule has 1 amide bonds. The number of hydrogen-bond acceptors (Lipinski definition) is 3. The third-order valence-electron chi connectivity index (χ3n) is 3.37. The molecule has 0 unspecified atom stereocenters. The van der Waals surface area contributed by atoms with E-state index in [0.717, 1.165) is 44.8 Å². The van der Waals surface area contributed by atoms with Crippen molar-refractivity contribution in [1.29, 1.82) is 0 Å². The van der Waals surface area contributed by atoms with E-state index in [4.69, 9.17) is 16.3 Å². The minimum atomic E-state index is -0.0862. The van der Waals surface area contributed by atoms with E-state index in [-0.39, 0.29) is 5.91 Å². The summed E-state index contributed by atoms with van der Waals surface area (Å²) in [7, 11) is 0. The zero-order valence-corrected chi connectivity index (χ0v) is 12.8. The third-order valence-corrected chi connectivity index (χ3v) is 3.72. The first-order valence-electron chi connectivity index (χ1n) is 7.26. The second-order valence-electron chi connectivity index (χ2n) is 4.95. The van der Waals surface area contributed by atoms with Gasteiger partial charge in [-0.3, -0.25) is 9.69 Å². The molecule has 1 heterocycles. The van der Waals surface area contributed by atoms with Crippen LogP contribution in [-0.2, 0) is 9.53 Å². The average molecular weight is 309 g/mol. The maximum atomic E-state index is 11.7. The van der Waals surface area contributed by atoms with Gasteiger partial charge in [-0.05, 0) is 30.7 Å². The smallest absolute Gasteiger partial charge is 0.244 e. The second kappa shape index (κ2) is 8.82. The van der Waals surface area contributed by atoms with Crippen LogP contribution in [0.15, 0.2) is 30.3 Å². The molecule has 4 nitrogen and oxygen atoms in total. The van der Waals surface area contributed by atoms with Gasteiger partial charge in [-0.1, -0.05) is 29.8 Å². The molecule has 0 aliphatic carbocycles.